The SMILES string of the molecule is CC(=O)c1ccc(C(=O)N(C)C)c(O)c1. The van der Waals surface area contributed by atoms with Crippen LogP contribution in [0.2, 0.25) is 0 Å². The van der Waals surface area contributed by atoms with Gasteiger partial charge in [-0.2, -0.15) is 0 Å². The summed E-state index contributed by atoms with van der Waals surface area (Å²) in [6.07, 6.45) is 0. The molecule has 15 heavy (non-hydrogen) atoms. The minimum atomic E-state index is -0.289. The van der Waals surface area contributed by atoms with E-state index < -0.39 is 0 Å². The number of phenols is 1. The van der Waals surface area contributed by atoms with Gasteiger partial charge in [0.05, 0.1) is 5.56 Å². The van der Waals surface area contributed by atoms with Crippen LogP contribution in [0.15, 0.2) is 18.2 Å². The molecule has 0 aromatic heterocycles. The molecule has 0 saturated carbocycles. The van der Waals surface area contributed by atoms with Crippen LogP contribution in [0.5, 0.6) is 5.75 Å². The number of hydrogen-bond donors (Lipinski definition) is 1. The van der Waals surface area contributed by atoms with E-state index in [2.05, 4.69) is 0 Å². The highest BCUT2D eigenvalue weighted by atomic mass is 16.3. The van der Waals surface area contributed by atoms with Gasteiger partial charge in [-0.1, -0.05) is 6.07 Å². The van der Waals surface area contributed by atoms with Crippen molar-refractivity contribution >= 4 is 11.7 Å². The number of benzene rings is 1. The number of amides is 1. The second-order valence-electron chi connectivity index (χ2n) is 3.49. The fourth-order valence-corrected chi connectivity index (χ4v) is 1.17. The van der Waals surface area contributed by atoms with Crippen LogP contribution in [0, 0.1) is 0 Å². The van der Waals surface area contributed by atoms with Gasteiger partial charge in [-0.25, -0.2) is 0 Å². The van der Waals surface area contributed by atoms with E-state index in [1.165, 1.54) is 30.0 Å². The van der Waals surface area contributed by atoms with Crippen LogP contribution in [0.3, 0.4) is 0 Å². The second-order valence-corrected chi connectivity index (χ2v) is 3.49. The Labute approximate surface area is 88.1 Å². The minimum absolute atomic E-state index is 0.144. The lowest BCUT2D eigenvalue weighted by molar-refractivity contribution is 0.0824. The van der Waals surface area contributed by atoms with Gasteiger partial charge < -0.3 is 10.0 Å². The lowest BCUT2D eigenvalue weighted by Crippen LogP contribution is -2.21. The Kier molecular flexibility index (Phi) is 3.09. The molecule has 4 heteroatoms. The normalized spacial score (nSPS) is 9.80. The van der Waals surface area contributed by atoms with E-state index in [0.717, 1.165) is 0 Å². The average Bonchev–Trinajstić information content (AvgIpc) is 2.16. The van der Waals surface area contributed by atoms with Crippen LogP contribution < -0.4 is 0 Å². The quantitative estimate of drug-likeness (QED) is 0.743. The van der Waals surface area contributed by atoms with E-state index in [4.69, 9.17) is 0 Å². The Morgan fingerprint density at radius 1 is 1.27 bits per heavy atom. The van der Waals surface area contributed by atoms with Crippen molar-refractivity contribution in [2.75, 3.05) is 14.1 Å². The summed E-state index contributed by atoms with van der Waals surface area (Å²) in [6.45, 7) is 1.40. The maximum absolute atomic E-state index is 11.5. The zero-order chi connectivity index (χ0) is 11.6. The summed E-state index contributed by atoms with van der Waals surface area (Å²) in [7, 11) is 3.20. The first-order valence-corrected chi connectivity index (χ1v) is 4.49. The van der Waals surface area contributed by atoms with Crippen molar-refractivity contribution in [3.05, 3.63) is 29.3 Å². The number of ketones is 1. The van der Waals surface area contributed by atoms with Crippen molar-refractivity contribution in [2.45, 2.75) is 6.92 Å². The highest BCUT2D eigenvalue weighted by Crippen LogP contribution is 2.20. The minimum Gasteiger partial charge on any atom is -0.507 e. The average molecular weight is 207 g/mol. The van der Waals surface area contributed by atoms with E-state index >= 15 is 0 Å². The molecule has 0 aliphatic heterocycles. The fourth-order valence-electron chi connectivity index (χ4n) is 1.17. The molecule has 0 fully saturated rings. The molecule has 1 rings (SSSR count). The Morgan fingerprint density at radius 2 is 1.87 bits per heavy atom. The fraction of sp³-hybridized carbons (Fsp3) is 0.273. The molecule has 0 aliphatic rings. The van der Waals surface area contributed by atoms with Crippen molar-refractivity contribution in [1.82, 2.24) is 4.90 Å². The second kappa shape index (κ2) is 4.13. The topological polar surface area (TPSA) is 57.6 Å². The summed E-state index contributed by atoms with van der Waals surface area (Å²) in [5.74, 6) is -0.599. The molecule has 4 nitrogen and oxygen atoms in total. The molecule has 1 aromatic carbocycles. The number of carbonyl (C=O) groups excluding carboxylic acids is 2. The molecule has 1 aromatic rings. The molecule has 0 heterocycles. The molecule has 0 bridgehead atoms. The summed E-state index contributed by atoms with van der Waals surface area (Å²) >= 11 is 0. The van der Waals surface area contributed by atoms with Gasteiger partial charge in [0.2, 0.25) is 0 Å². The third-order valence-corrected chi connectivity index (χ3v) is 2.04. The molecular weight excluding hydrogens is 194 g/mol. The molecule has 0 atom stereocenters. The Bertz CT molecular complexity index is 410. The van der Waals surface area contributed by atoms with Gasteiger partial charge in [0.25, 0.3) is 5.91 Å². The van der Waals surface area contributed by atoms with Gasteiger partial charge in [0.15, 0.2) is 5.78 Å². The highest BCUT2D eigenvalue weighted by molar-refractivity contribution is 5.99. The van der Waals surface area contributed by atoms with Crippen LogP contribution in [0.25, 0.3) is 0 Å². The standard InChI is InChI=1S/C11H13NO3/c1-7(13)8-4-5-9(10(14)6-8)11(15)12(2)3/h4-6,14H,1-3H3. The van der Waals surface area contributed by atoms with Crippen molar-refractivity contribution in [1.29, 1.82) is 0 Å². The van der Waals surface area contributed by atoms with Gasteiger partial charge >= 0.3 is 0 Å². The van der Waals surface area contributed by atoms with Crippen LogP contribution >= 0.6 is 0 Å². The van der Waals surface area contributed by atoms with E-state index in [1.54, 1.807) is 14.1 Å². The Balaban J connectivity index is 3.14. The first kappa shape index (κ1) is 11.2. The monoisotopic (exact) mass is 207 g/mol. The molecule has 0 unspecified atom stereocenters. The van der Waals surface area contributed by atoms with Crippen molar-refractivity contribution in [3.63, 3.8) is 0 Å². The zero-order valence-electron chi connectivity index (χ0n) is 8.94. The van der Waals surface area contributed by atoms with E-state index in [0.29, 0.717) is 5.56 Å². The summed E-state index contributed by atoms with van der Waals surface area (Å²) in [5.41, 5.74) is 0.591. The van der Waals surface area contributed by atoms with E-state index in [1.807, 2.05) is 0 Å². The lowest BCUT2D eigenvalue weighted by Gasteiger charge is -2.11. The van der Waals surface area contributed by atoms with Crippen LogP contribution in [0.1, 0.15) is 27.6 Å². The number of aromatic hydroxyl groups is 1. The molecule has 0 spiro atoms. The first-order valence-electron chi connectivity index (χ1n) is 4.49. The van der Waals surface area contributed by atoms with Gasteiger partial charge in [-0.05, 0) is 19.1 Å². The van der Waals surface area contributed by atoms with E-state index in [9.17, 15) is 14.7 Å². The molecule has 1 N–H and O–H groups in total. The van der Waals surface area contributed by atoms with Crippen molar-refractivity contribution < 1.29 is 14.7 Å². The predicted molar refractivity (Wildman–Crippen MR) is 56.1 cm³/mol. The third kappa shape index (κ3) is 2.34. The summed E-state index contributed by atoms with van der Waals surface area (Å²) < 4.78 is 0. The number of Topliss-reactive ketones (excluding diaryl/α,β-unsaturated/α-hetero) is 1. The Morgan fingerprint density at radius 3 is 2.27 bits per heavy atom. The number of nitrogens with zero attached hydrogens (tertiary/aromatic N) is 1. The van der Waals surface area contributed by atoms with Crippen molar-refractivity contribution in [2.24, 2.45) is 0 Å². The number of hydrogen-bond acceptors (Lipinski definition) is 3. The summed E-state index contributed by atoms with van der Waals surface area (Å²) in [6, 6.07) is 4.28. The highest BCUT2D eigenvalue weighted by Gasteiger charge is 2.14. The molecular formula is C11H13NO3. The maximum atomic E-state index is 11.5. The van der Waals surface area contributed by atoms with Gasteiger partial charge in [-0.15, -0.1) is 0 Å². The Hall–Kier alpha value is -1.84. The molecule has 1 amide bonds. The van der Waals surface area contributed by atoms with Crippen LogP contribution in [-0.2, 0) is 0 Å². The van der Waals surface area contributed by atoms with Gasteiger partial charge in [-0.3, -0.25) is 9.59 Å². The van der Waals surface area contributed by atoms with Crippen LogP contribution in [-0.4, -0.2) is 35.8 Å². The first-order chi connectivity index (χ1) is 6.93. The van der Waals surface area contributed by atoms with Crippen LogP contribution in [0.4, 0.5) is 0 Å². The smallest absolute Gasteiger partial charge is 0.257 e. The number of phenolic OH excluding ortho intramolecular Hbond substituents is 1. The predicted octanol–water partition coefficient (Wildman–Crippen LogP) is 1.30. The van der Waals surface area contributed by atoms with Gasteiger partial charge in [0.1, 0.15) is 5.75 Å². The van der Waals surface area contributed by atoms with E-state index in [-0.39, 0.29) is 23.0 Å². The zero-order valence-corrected chi connectivity index (χ0v) is 8.94. The number of rotatable bonds is 2. The largest absolute Gasteiger partial charge is 0.507 e. The molecule has 0 aliphatic carbocycles. The molecule has 0 saturated heterocycles. The third-order valence-electron chi connectivity index (χ3n) is 2.04. The number of carbonyl (C=O) groups is 2. The summed E-state index contributed by atoms with van der Waals surface area (Å²) in [4.78, 5) is 23.9. The molecule has 0 radical (unpaired) electrons. The maximum Gasteiger partial charge on any atom is 0.257 e. The summed E-state index contributed by atoms with van der Waals surface area (Å²) in [5, 5.41) is 9.56. The lowest BCUT2D eigenvalue weighted by atomic mass is 10.1. The van der Waals surface area contributed by atoms with Crippen molar-refractivity contribution in [3.8, 4) is 5.75 Å². The van der Waals surface area contributed by atoms with Gasteiger partial charge in [0, 0.05) is 19.7 Å². The molecule has 80 valence electrons.